The summed E-state index contributed by atoms with van der Waals surface area (Å²) in [7, 11) is 1.79. The highest BCUT2D eigenvalue weighted by Gasteiger charge is 2.15. The van der Waals surface area contributed by atoms with Gasteiger partial charge in [-0.25, -0.2) is 0 Å². The first-order valence-corrected chi connectivity index (χ1v) is 10.4. The summed E-state index contributed by atoms with van der Waals surface area (Å²) in [6.45, 7) is 11.3. The van der Waals surface area contributed by atoms with Gasteiger partial charge in [-0.15, -0.1) is 24.0 Å². The SMILES string of the molecule is CN=C(NCCCOCC1CCOC1)NC(C)c1ccc(OCC(C)C)cc1.I. The van der Waals surface area contributed by atoms with Crippen molar-refractivity contribution in [3.05, 3.63) is 29.8 Å². The Bertz CT molecular complexity index is 575. The number of hydrogen-bond donors (Lipinski definition) is 2. The molecule has 1 aromatic carbocycles. The predicted molar refractivity (Wildman–Crippen MR) is 129 cm³/mol. The van der Waals surface area contributed by atoms with Gasteiger partial charge >= 0.3 is 0 Å². The van der Waals surface area contributed by atoms with Crippen LogP contribution in [-0.2, 0) is 9.47 Å². The monoisotopic (exact) mass is 519 g/mol. The maximum Gasteiger partial charge on any atom is 0.191 e. The fraction of sp³-hybridized carbons (Fsp3) is 0.682. The van der Waals surface area contributed by atoms with Crippen LogP contribution < -0.4 is 15.4 Å². The molecule has 6 nitrogen and oxygen atoms in total. The number of ether oxygens (including phenoxy) is 3. The topological polar surface area (TPSA) is 64.1 Å². The van der Waals surface area contributed by atoms with Crippen molar-refractivity contribution in [2.75, 3.05) is 46.6 Å². The quantitative estimate of drug-likeness (QED) is 0.200. The zero-order chi connectivity index (χ0) is 20.2. The lowest BCUT2D eigenvalue weighted by molar-refractivity contribution is 0.0888. The fourth-order valence-electron chi connectivity index (χ4n) is 2.94. The standard InChI is InChI=1S/C22H37N3O3.HI/c1-17(2)14-28-21-8-6-20(7-9-21)18(3)25-22(23-4)24-11-5-12-26-15-19-10-13-27-16-19;/h6-9,17-19H,5,10-16H2,1-4H3,(H2,23,24,25);1H. The van der Waals surface area contributed by atoms with Crippen molar-refractivity contribution in [1.82, 2.24) is 10.6 Å². The number of guanidine groups is 1. The van der Waals surface area contributed by atoms with Crippen molar-refractivity contribution in [2.24, 2.45) is 16.8 Å². The smallest absolute Gasteiger partial charge is 0.191 e. The lowest BCUT2D eigenvalue weighted by Gasteiger charge is -2.19. The Labute approximate surface area is 193 Å². The third-order valence-corrected chi connectivity index (χ3v) is 4.68. The van der Waals surface area contributed by atoms with E-state index in [0.29, 0.717) is 11.8 Å². The van der Waals surface area contributed by atoms with Gasteiger partial charge in [-0.1, -0.05) is 26.0 Å². The Morgan fingerprint density at radius 1 is 1.24 bits per heavy atom. The van der Waals surface area contributed by atoms with Crippen molar-refractivity contribution >= 4 is 29.9 Å². The summed E-state index contributed by atoms with van der Waals surface area (Å²) in [4.78, 5) is 4.31. The van der Waals surface area contributed by atoms with Crippen LogP contribution in [0.3, 0.4) is 0 Å². The molecule has 2 rings (SSSR count). The number of hydrogen-bond acceptors (Lipinski definition) is 4. The summed E-state index contributed by atoms with van der Waals surface area (Å²) in [5.74, 6) is 2.82. The van der Waals surface area contributed by atoms with Gasteiger partial charge in [-0.05, 0) is 43.4 Å². The van der Waals surface area contributed by atoms with E-state index in [2.05, 4.69) is 48.5 Å². The highest BCUT2D eigenvalue weighted by Crippen LogP contribution is 2.18. The van der Waals surface area contributed by atoms with Crippen LogP contribution in [0.5, 0.6) is 5.75 Å². The average Bonchev–Trinajstić information content (AvgIpc) is 3.21. The number of nitrogens with zero attached hydrogens (tertiary/aromatic N) is 1. The predicted octanol–water partition coefficient (Wildman–Crippen LogP) is 4.01. The van der Waals surface area contributed by atoms with Crippen LogP contribution >= 0.6 is 24.0 Å². The van der Waals surface area contributed by atoms with E-state index in [4.69, 9.17) is 14.2 Å². The highest BCUT2D eigenvalue weighted by atomic mass is 127. The number of rotatable bonds is 11. The van der Waals surface area contributed by atoms with E-state index in [-0.39, 0.29) is 30.0 Å². The van der Waals surface area contributed by atoms with Gasteiger partial charge in [0.1, 0.15) is 5.75 Å². The van der Waals surface area contributed by atoms with Gasteiger partial charge in [0.15, 0.2) is 5.96 Å². The van der Waals surface area contributed by atoms with Crippen LogP contribution in [0.15, 0.2) is 29.3 Å². The number of nitrogens with one attached hydrogen (secondary N) is 2. The maximum absolute atomic E-state index is 5.75. The van der Waals surface area contributed by atoms with Crippen molar-refractivity contribution in [2.45, 2.75) is 39.7 Å². The Hall–Kier alpha value is -1.06. The minimum Gasteiger partial charge on any atom is -0.493 e. The average molecular weight is 519 g/mol. The molecule has 29 heavy (non-hydrogen) atoms. The second kappa shape index (κ2) is 14.8. The third-order valence-electron chi connectivity index (χ3n) is 4.68. The zero-order valence-electron chi connectivity index (χ0n) is 18.3. The molecule has 0 amide bonds. The van der Waals surface area contributed by atoms with Crippen LogP contribution in [0.25, 0.3) is 0 Å². The summed E-state index contributed by atoms with van der Waals surface area (Å²) >= 11 is 0. The van der Waals surface area contributed by atoms with Gasteiger partial charge in [-0.3, -0.25) is 4.99 Å². The van der Waals surface area contributed by atoms with E-state index in [0.717, 1.165) is 64.1 Å². The highest BCUT2D eigenvalue weighted by molar-refractivity contribution is 14.0. The molecule has 0 aliphatic carbocycles. The van der Waals surface area contributed by atoms with Gasteiger partial charge in [0.05, 0.1) is 25.9 Å². The third kappa shape index (κ3) is 10.5. The molecule has 7 heteroatoms. The molecule has 1 aliphatic heterocycles. The first kappa shape index (κ1) is 26.0. The van der Waals surface area contributed by atoms with Crippen LogP contribution in [0.4, 0.5) is 0 Å². The lowest BCUT2D eigenvalue weighted by Crippen LogP contribution is -2.39. The van der Waals surface area contributed by atoms with E-state index in [1.807, 2.05) is 12.1 Å². The van der Waals surface area contributed by atoms with Gasteiger partial charge < -0.3 is 24.8 Å². The molecule has 1 aromatic rings. The molecule has 166 valence electrons. The van der Waals surface area contributed by atoms with Crippen LogP contribution in [0, 0.1) is 11.8 Å². The van der Waals surface area contributed by atoms with E-state index in [1.54, 1.807) is 7.05 Å². The Kier molecular flexibility index (Phi) is 13.3. The van der Waals surface area contributed by atoms with Crippen LogP contribution in [-0.4, -0.2) is 52.6 Å². The summed E-state index contributed by atoms with van der Waals surface area (Å²) in [6, 6.07) is 8.41. The largest absolute Gasteiger partial charge is 0.493 e. The van der Waals surface area contributed by atoms with Crippen molar-refractivity contribution < 1.29 is 14.2 Å². The maximum atomic E-state index is 5.75. The Morgan fingerprint density at radius 2 is 2.00 bits per heavy atom. The van der Waals surface area contributed by atoms with E-state index in [9.17, 15) is 0 Å². The summed E-state index contributed by atoms with van der Waals surface area (Å²) in [5.41, 5.74) is 1.20. The number of benzene rings is 1. The lowest BCUT2D eigenvalue weighted by atomic mass is 10.1. The van der Waals surface area contributed by atoms with Gasteiger partial charge in [0.25, 0.3) is 0 Å². The fourth-order valence-corrected chi connectivity index (χ4v) is 2.94. The first-order valence-electron chi connectivity index (χ1n) is 10.4. The number of aliphatic imine (C=N–C) groups is 1. The van der Waals surface area contributed by atoms with Gasteiger partial charge in [-0.2, -0.15) is 0 Å². The molecule has 0 bridgehead atoms. The van der Waals surface area contributed by atoms with Crippen molar-refractivity contribution in [1.29, 1.82) is 0 Å². The molecular weight excluding hydrogens is 481 g/mol. The molecule has 0 saturated carbocycles. The molecule has 2 N–H and O–H groups in total. The van der Waals surface area contributed by atoms with Gasteiger partial charge in [0, 0.05) is 32.7 Å². The molecule has 2 unspecified atom stereocenters. The molecule has 2 atom stereocenters. The molecule has 0 spiro atoms. The second-order valence-electron chi connectivity index (χ2n) is 7.80. The minimum atomic E-state index is 0. The molecule has 1 heterocycles. The van der Waals surface area contributed by atoms with Crippen molar-refractivity contribution in [3.63, 3.8) is 0 Å². The normalized spacial score (nSPS) is 17.7. The minimum absolute atomic E-state index is 0. The molecule has 1 saturated heterocycles. The van der Waals surface area contributed by atoms with E-state index >= 15 is 0 Å². The summed E-state index contributed by atoms with van der Waals surface area (Å²) in [5, 5.41) is 6.78. The second-order valence-corrected chi connectivity index (χ2v) is 7.80. The van der Waals surface area contributed by atoms with Gasteiger partial charge in [0.2, 0.25) is 0 Å². The van der Waals surface area contributed by atoms with E-state index in [1.165, 1.54) is 5.56 Å². The Morgan fingerprint density at radius 3 is 2.62 bits per heavy atom. The van der Waals surface area contributed by atoms with E-state index < -0.39 is 0 Å². The van der Waals surface area contributed by atoms with Crippen LogP contribution in [0.1, 0.15) is 45.2 Å². The molecule has 1 fully saturated rings. The Balaban J connectivity index is 0.00000420. The summed E-state index contributed by atoms with van der Waals surface area (Å²) < 4.78 is 16.8. The van der Waals surface area contributed by atoms with Crippen molar-refractivity contribution in [3.8, 4) is 5.75 Å². The molecular formula is C22H38IN3O3. The molecule has 0 aromatic heterocycles. The first-order chi connectivity index (χ1) is 13.6. The molecule has 1 aliphatic rings. The number of halogens is 1. The van der Waals surface area contributed by atoms with Crippen LogP contribution in [0.2, 0.25) is 0 Å². The summed E-state index contributed by atoms with van der Waals surface area (Å²) in [6.07, 6.45) is 2.07. The zero-order valence-corrected chi connectivity index (χ0v) is 20.6. The molecule has 0 radical (unpaired) electrons.